The van der Waals surface area contributed by atoms with Crippen molar-refractivity contribution >= 4 is 45.6 Å². The van der Waals surface area contributed by atoms with E-state index >= 15 is 0 Å². The van der Waals surface area contributed by atoms with Gasteiger partial charge in [0.2, 0.25) is 0 Å². The van der Waals surface area contributed by atoms with Crippen LogP contribution in [0.25, 0.3) is 0 Å². The minimum atomic E-state index is -0.276. The minimum Gasteiger partial charge on any atom is -0.298 e. The van der Waals surface area contributed by atoms with Crippen LogP contribution in [-0.4, -0.2) is 15.9 Å². The molecule has 104 valence electrons. The second kappa shape index (κ2) is 5.68. The molecule has 7 heteroatoms. The van der Waals surface area contributed by atoms with Crippen molar-refractivity contribution in [3.63, 3.8) is 0 Å². The van der Waals surface area contributed by atoms with Crippen LogP contribution in [-0.2, 0) is 12.8 Å². The van der Waals surface area contributed by atoms with Gasteiger partial charge in [0.1, 0.15) is 10.3 Å². The summed E-state index contributed by atoms with van der Waals surface area (Å²) < 4.78 is 0. The maximum absolute atomic E-state index is 12.1. The van der Waals surface area contributed by atoms with Gasteiger partial charge in [-0.05, 0) is 37.8 Å². The van der Waals surface area contributed by atoms with E-state index in [1.165, 1.54) is 29.9 Å². The number of anilines is 1. The van der Waals surface area contributed by atoms with Crippen LogP contribution in [0.3, 0.4) is 0 Å². The number of amides is 1. The van der Waals surface area contributed by atoms with Crippen LogP contribution in [0.1, 0.15) is 33.8 Å². The average Bonchev–Trinajstić information content (AvgIpc) is 2.79. The van der Waals surface area contributed by atoms with Crippen molar-refractivity contribution in [1.82, 2.24) is 9.97 Å². The van der Waals surface area contributed by atoms with Crippen LogP contribution < -0.4 is 5.32 Å². The second-order valence-corrected chi connectivity index (χ2v) is 6.41. The molecule has 0 spiro atoms. The lowest BCUT2D eigenvalue weighted by atomic mass is 10.0. The zero-order chi connectivity index (χ0) is 14.1. The Hall–Kier alpha value is -1.17. The Morgan fingerprint density at radius 1 is 1.15 bits per heavy atom. The minimum absolute atomic E-state index is 0.195. The number of nitrogens with zero attached hydrogens (tertiary/aromatic N) is 2. The summed E-state index contributed by atoms with van der Waals surface area (Å²) in [5.41, 5.74) is 1.49. The number of carbonyl (C=O) groups is 1. The van der Waals surface area contributed by atoms with Crippen LogP contribution in [0, 0.1) is 0 Å². The molecule has 1 amide bonds. The molecule has 1 aliphatic carbocycles. The number of hydrogen-bond donors (Lipinski definition) is 1. The van der Waals surface area contributed by atoms with Crippen LogP contribution in [0.15, 0.2) is 12.1 Å². The van der Waals surface area contributed by atoms with E-state index in [1.807, 2.05) is 0 Å². The Balaban J connectivity index is 1.80. The van der Waals surface area contributed by atoms with Crippen molar-refractivity contribution in [2.75, 3.05) is 5.32 Å². The Bertz CT molecular complexity index is 628. The van der Waals surface area contributed by atoms with Gasteiger partial charge in [0.25, 0.3) is 5.91 Å². The molecule has 2 heterocycles. The lowest BCUT2D eigenvalue weighted by molar-refractivity contribution is 0.102. The molecule has 1 aliphatic rings. The summed E-state index contributed by atoms with van der Waals surface area (Å²) in [5, 5.41) is 3.81. The first-order valence-electron chi connectivity index (χ1n) is 6.25. The van der Waals surface area contributed by atoms with Crippen molar-refractivity contribution in [2.45, 2.75) is 25.7 Å². The fourth-order valence-corrected chi connectivity index (χ4v) is 3.68. The molecular weight excluding hydrogens is 317 g/mol. The largest absolute Gasteiger partial charge is 0.298 e. The molecule has 4 nitrogen and oxygen atoms in total. The Morgan fingerprint density at radius 2 is 1.85 bits per heavy atom. The third kappa shape index (κ3) is 2.95. The molecule has 2 aromatic rings. The van der Waals surface area contributed by atoms with E-state index in [1.54, 1.807) is 11.3 Å². The predicted molar refractivity (Wildman–Crippen MR) is 81.0 cm³/mol. The number of thiazole rings is 1. The molecule has 0 atom stereocenters. The number of pyridine rings is 1. The molecule has 0 radical (unpaired) electrons. The number of halogens is 2. The molecule has 0 saturated heterocycles. The number of hydrogen-bond acceptors (Lipinski definition) is 4. The summed E-state index contributed by atoms with van der Waals surface area (Å²) in [7, 11) is 0. The molecular formula is C13H11Cl2N3OS. The number of rotatable bonds is 2. The first kappa shape index (κ1) is 13.8. The number of carbonyl (C=O) groups excluding carboxylic acids is 1. The van der Waals surface area contributed by atoms with Crippen LogP contribution in [0.5, 0.6) is 0 Å². The van der Waals surface area contributed by atoms with Gasteiger partial charge in [-0.3, -0.25) is 10.1 Å². The van der Waals surface area contributed by atoms with Gasteiger partial charge in [0.15, 0.2) is 5.13 Å². The lowest BCUT2D eigenvalue weighted by Gasteiger charge is -2.06. The van der Waals surface area contributed by atoms with E-state index < -0.39 is 0 Å². The van der Waals surface area contributed by atoms with Crippen molar-refractivity contribution in [3.8, 4) is 0 Å². The van der Waals surface area contributed by atoms with Gasteiger partial charge in [0.05, 0.1) is 5.69 Å². The summed E-state index contributed by atoms with van der Waals surface area (Å²) in [4.78, 5) is 21.7. The molecule has 1 N–H and O–H groups in total. The summed E-state index contributed by atoms with van der Waals surface area (Å²) in [6, 6.07) is 2.96. The summed E-state index contributed by atoms with van der Waals surface area (Å²) >= 11 is 13.1. The van der Waals surface area contributed by atoms with Crippen molar-refractivity contribution in [1.29, 1.82) is 0 Å². The quantitative estimate of drug-likeness (QED) is 0.849. The highest BCUT2D eigenvalue weighted by atomic mass is 35.5. The Morgan fingerprint density at radius 3 is 2.55 bits per heavy atom. The third-order valence-corrected chi connectivity index (χ3v) is 4.55. The molecule has 20 heavy (non-hydrogen) atoms. The van der Waals surface area contributed by atoms with Gasteiger partial charge in [-0.15, -0.1) is 11.3 Å². The SMILES string of the molecule is O=C(Nc1nc2c(s1)CCCC2)c1cc(Cl)nc(Cl)c1. The molecule has 0 saturated carbocycles. The first-order valence-corrected chi connectivity index (χ1v) is 7.82. The number of nitrogens with one attached hydrogen (secondary N) is 1. The van der Waals surface area contributed by atoms with Gasteiger partial charge in [-0.2, -0.15) is 0 Å². The standard InChI is InChI=1S/C13H11Cl2N3OS/c14-10-5-7(6-11(15)17-10)12(19)18-13-16-8-3-1-2-4-9(8)20-13/h5-6H,1-4H2,(H,16,18,19). The number of aryl methyl sites for hydroxylation is 2. The molecule has 0 bridgehead atoms. The first-order chi connectivity index (χ1) is 9.61. The monoisotopic (exact) mass is 327 g/mol. The third-order valence-electron chi connectivity index (χ3n) is 3.09. The van der Waals surface area contributed by atoms with Gasteiger partial charge < -0.3 is 0 Å². The average molecular weight is 328 g/mol. The van der Waals surface area contributed by atoms with E-state index in [9.17, 15) is 4.79 Å². The fourth-order valence-electron chi connectivity index (χ4n) is 2.17. The van der Waals surface area contributed by atoms with Crippen molar-refractivity contribution in [3.05, 3.63) is 38.6 Å². The topological polar surface area (TPSA) is 54.9 Å². The van der Waals surface area contributed by atoms with Crippen molar-refractivity contribution in [2.24, 2.45) is 0 Å². The van der Waals surface area contributed by atoms with E-state index in [4.69, 9.17) is 23.2 Å². The van der Waals surface area contributed by atoms with Crippen molar-refractivity contribution < 1.29 is 4.79 Å². The number of aromatic nitrogens is 2. The van der Waals surface area contributed by atoms with Gasteiger partial charge in [-0.1, -0.05) is 23.2 Å². The van der Waals surface area contributed by atoms with E-state index in [0.29, 0.717) is 10.7 Å². The highest BCUT2D eigenvalue weighted by molar-refractivity contribution is 7.15. The zero-order valence-corrected chi connectivity index (χ0v) is 12.8. The van der Waals surface area contributed by atoms with Gasteiger partial charge >= 0.3 is 0 Å². The molecule has 0 aromatic carbocycles. The summed E-state index contributed by atoms with van der Waals surface area (Å²) in [5.74, 6) is -0.276. The van der Waals surface area contributed by atoms with E-state index in [2.05, 4.69) is 15.3 Å². The number of fused-ring (bicyclic) bond motifs is 1. The highest BCUT2D eigenvalue weighted by Gasteiger charge is 2.17. The maximum Gasteiger partial charge on any atom is 0.257 e. The molecule has 0 aliphatic heterocycles. The van der Waals surface area contributed by atoms with Gasteiger partial charge in [-0.25, -0.2) is 9.97 Å². The summed E-state index contributed by atoms with van der Waals surface area (Å²) in [6.45, 7) is 0. The predicted octanol–water partition coefficient (Wildman–Crippen LogP) is 3.98. The fraction of sp³-hybridized carbons (Fsp3) is 0.308. The van der Waals surface area contributed by atoms with E-state index in [0.717, 1.165) is 18.5 Å². The molecule has 0 fully saturated rings. The van der Waals surface area contributed by atoms with E-state index in [-0.39, 0.29) is 16.2 Å². The summed E-state index contributed by atoms with van der Waals surface area (Å²) in [6.07, 6.45) is 4.41. The normalized spacial score (nSPS) is 13.9. The molecule has 3 rings (SSSR count). The molecule has 0 unspecified atom stereocenters. The Kier molecular flexibility index (Phi) is 3.92. The van der Waals surface area contributed by atoms with Gasteiger partial charge in [0, 0.05) is 10.4 Å². The van der Waals surface area contributed by atoms with Crippen LogP contribution in [0.2, 0.25) is 10.3 Å². The lowest BCUT2D eigenvalue weighted by Crippen LogP contribution is -2.12. The molecule has 2 aromatic heterocycles. The van der Waals surface area contributed by atoms with Crippen LogP contribution in [0.4, 0.5) is 5.13 Å². The zero-order valence-electron chi connectivity index (χ0n) is 10.4. The van der Waals surface area contributed by atoms with Crippen LogP contribution >= 0.6 is 34.5 Å². The Labute approximate surface area is 130 Å². The maximum atomic E-state index is 12.1. The highest BCUT2D eigenvalue weighted by Crippen LogP contribution is 2.29. The smallest absolute Gasteiger partial charge is 0.257 e. The second-order valence-electron chi connectivity index (χ2n) is 4.55.